The lowest BCUT2D eigenvalue weighted by atomic mass is 10.1. The third-order valence-electron chi connectivity index (χ3n) is 5.70. The second-order valence-corrected chi connectivity index (χ2v) is 8.77. The number of hydrogen-bond acceptors (Lipinski definition) is 8. The quantitative estimate of drug-likeness (QED) is 0.148. The zero-order chi connectivity index (χ0) is 22.5. The fraction of sp³-hybridized carbons (Fsp3) is 0.550. The predicted molar refractivity (Wildman–Crippen MR) is 117 cm³/mol. The summed E-state index contributed by atoms with van der Waals surface area (Å²) >= 11 is 4.48. The summed E-state index contributed by atoms with van der Waals surface area (Å²) in [6.07, 6.45) is 1.56. The van der Waals surface area contributed by atoms with Gasteiger partial charge >= 0.3 is 5.97 Å². The van der Waals surface area contributed by atoms with E-state index in [9.17, 15) is 19.7 Å². The smallest absolute Gasteiger partial charge is 0.373 e. The van der Waals surface area contributed by atoms with Gasteiger partial charge in [0.15, 0.2) is 0 Å². The Balaban J connectivity index is 1.38. The zero-order valence-corrected chi connectivity index (χ0v) is 18.2. The number of amides is 1. The molecule has 0 aromatic heterocycles. The number of carbonyl (C=O) groups excluding carboxylic acids is 2. The molecule has 0 unspecified atom stereocenters. The van der Waals surface area contributed by atoms with Gasteiger partial charge in [0, 0.05) is 43.6 Å². The lowest BCUT2D eigenvalue weighted by Gasteiger charge is -2.25. The van der Waals surface area contributed by atoms with Crippen molar-refractivity contribution in [3.63, 3.8) is 0 Å². The van der Waals surface area contributed by atoms with E-state index in [1.54, 1.807) is 0 Å². The Kier molecular flexibility index (Phi) is 7.50. The van der Waals surface area contributed by atoms with Crippen molar-refractivity contribution in [3.05, 3.63) is 39.9 Å². The number of nitrogens with zero attached hydrogens (tertiary/aromatic N) is 3. The topological polar surface area (TPSA) is 129 Å². The highest BCUT2D eigenvalue weighted by atomic mass is 32.1. The van der Waals surface area contributed by atoms with Crippen LogP contribution in [-0.4, -0.2) is 77.0 Å². The molecule has 2 N–H and O–H groups in total. The number of carbonyl (C=O) groups is 2. The van der Waals surface area contributed by atoms with E-state index in [0.717, 1.165) is 19.4 Å². The van der Waals surface area contributed by atoms with Crippen molar-refractivity contribution in [2.45, 2.75) is 30.7 Å². The van der Waals surface area contributed by atoms with Crippen molar-refractivity contribution in [2.75, 3.05) is 33.2 Å². The van der Waals surface area contributed by atoms with Gasteiger partial charge in [-0.2, -0.15) is 12.6 Å². The fourth-order valence-corrected chi connectivity index (χ4v) is 4.38. The number of amidine groups is 1. The number of ether oxygens (including phenoxy) is 1. The molecule has 11 heteroatoms. The van der Waals surface area contributed by atoms with Crippen LogP contribution in [0.3, 0.4) is 0 Å². The summed E-state index contributed by atoms with van der Waals surface area (Å²) in [7, 11) is 1.94. The first-order valence-corrected chi connectivity index (χ1v) is 10.7. The van der Waals surface area contributed by atoms with Crippen LogP contribution in [-0.2, 0) is 20.9 Å². The molecule has 1 aromatic rings. The van der Waals surface area contributed by atoms with E-state index < -0.39 is 10.9 Å². The lowest BCUT2D eigenvalue weighted by Crippen LogP contribution is -2.43. The van der Waals surface area contributed by atoms with E-state index in [-0.39, 0.29) is 41.2 Å². The molecule has 2 fully saturated rings. The molecule has 2 saturated heterocycles. The van der Waals surface area contributed by atoms with Gasteiger partial charge in [-0.3, -0.25) is 25.2 Å². The average molecular weight is 450 g/mol. The van der Waals surface area contributed by atoms with Crippen LogP contribution in [0.5, 0.6) is 0 Å². The first-order chi connectivity index (χ1) is 14.7. The number of nitrogens with one attached hydrogen (secondary N) is 2. The Hall–Kier alpha value is -2.66. The minimum absolute atomic E-state index is 0.0430. The van der Waals surface area contributed by atoms with E-state index >= 15 is 0 Å². The average Bonchev–Trinajstić information content (AvgIpc) is 3.35. The first kappa shape index (κ1) is 23.0. The van der Waals surface area contributed by atoms with E-state index in [1.807, 2.05) is 16.8 Å². The summed E-state index contributed by atoms with van der Waals surface area (Å²) in [5.41, 5.74) is 0.551. The van der Waals surface area contributed by atoms with Gasteiger partial charge in [0.25, 0.3) is 5.69 Å². The summed E-state index contributed by atoms with van der Waals surface area (Å²) in [5, 5.41) is 21.5. The molecule has 2 aliphatic heterocycles. The molecular formula is C20H27N5O5S. The van der Waals surface area contributed by atoms with Crippen molar-refractivity contribution in [3.8, 4) is 0 Å². The molecule has 1 aromatic carbocycles. The van der Waals surface area contributed by atoms with E-state index in [1.165, 1.54) is 24.3 Å². The molecule has 0 bridgehead atoms. The van der Waals surface area contributed by atoms with Crippen molar-refractivity contribution < 1.29 is 19.2 Å². The van der Waals surface area contributed by atoms with Crippen LogP contribution >= 0.6 is 12.6 Å². The molecule has 0 aliphatic carbocycles. The van der Waals surface area contributed by atoms with Crippen LogP contribution < -0.4 is 5.32 Å². The lowest BCUT2D eigenvalue weighted by molar-refractivity contribution is -0.384. The monoisotopic (exact) mass is 449 g/mol. The van der Waals surface area contributed by atoms with Crippen LogP contribution in [0.25, 0.3) is 0 Å². The maximum Gasteiger partial charge on any atom is 0.373 e. The maximum atomic E-state index is 12.7. The van der Waals surface area contributed by atoms with E-state index in [4.69, 9.17) is 10.1 Å². The highest BCUT2D eigenvalue weighted by Gasteiger charge is 2.37. The number of hydrogen-bond donors (Lipinski definition) is 3. The predicted octanol–water partition coefficient (Wildman–Crippen LogP) is 1.06. The van der Waals surface area contributed by atoms with Gasteiger partial charge in [0.2, 0.25) is 11.7 Å². The summed E-state index contributed by atoms with van der Waals surface area (Å²) < 4.78 is 5.08. The van der Waals surface area contributed by atoms with Gasteiger partial charge < -0.3 is 15.0 Å². The Bertz CT molecular complexity index is 849. The normalized spacial score (nSPS) is 23.5. The Morgan fingerprint density at radius 2 is 2.03 bits per heavy atom. The molecule has 2 aliphatic rings. The number of esters is 1. The molecule has 3 atom stereocenters. The Labute approximate surface area is 186 Å². The third-order valence-corrected chi connectivity index (χ3v) is 6.07. The molecular weight excluding hydrogens is 422 g/mol. The summed E-state index contributed by atoms with van der Waals surface area (Å²) in [6.45, 7) is 2.40. The summed E-state index contributed by atoms with van der Waals surface area (Å²) in [6, 6.07) is 5.55. The number of non-ortho nitro benzene ring substituents is 1. The molecule has 2 heterocycles. The molecule has 168 valence electrons. The van der Waals surface area contributed by atoms with Gasteiger partial charge in [-0.15, -0.1) is 0 Å². The number of likely N-dealkylation sites (tertiary alicyclic amines) is 2. The second kappa shape index (κ2) is 10.1. The standard InChI is InChI=1S/C20H27N5O5S/c1-23-11-16(31)8-17(23)19(26)24-7-6-14(10-24)9-22-18(21)20(27)30-12-13-2-4-15(5-3-13)25(28)29/h2-5,14,16-17,31H,6-12H2,1H3,(H2,21,22)/t14-,16+,17+/m1/s1. The number of thiol groups is 1. The molecule has 0 saturated carbocycles. The van der Waals surface area contributed by atoms with Gasteiger partial charge in [-0.1, -0.05) is 0 Å². The van der Waals surface area contributed by atoms with Crippen LogP contribution in [0.1, 0.15) is 18.4 Å². The van der Waals surface area contributed by atoms with Crippen LogP contribution in [0.2, 0.25) is 0 Å². The maximum absolute atomic E-state index is 12.7. The van der Waals surface area contributed by atoms with Gasteiger partial charge in [0.1, 0.15) is 6.61 Å². The number of rotatable bonds is 6. The van der Waals surface area contributed by atoms with Gasteiger partial charge in [-0.05, 0) is 43.5 Å². The number of benzene rings is 1. The fourth-order valence-electron chi connectivity index (χ4n) is 3.92. The number of likely N-dealkylation sites (N-methyl/N-ethyl adjacent to an activating group) is 1. The van der Waals surface area contributed by atoms with Crippen LogP contribution in [0.15, 0.2) is 24.3 Å². The molecule has 1 amide bonds. The van der Waals surface area contributed by atoms with E-state index in [2.05, 4.69) is 17.9 Å². The number of nitro benzene ring substituents is 1. The van der Waals surface area contributed by atoms with Crippen molar-refractivity contribution in [1.82, 2.24) is 15.1 Å². The molecule has 10 nitrogen and oxygen atoms in total. The van der Waals surface area contributed by atoms with Gasteiger partial charge in [0.05, 0.1) is 11.0 Å². The van der Waals surface area contributed by atoms with Gasteiger partial charge in [-0.25, -0.2) is 4.79 Å². The highest BCUT2D eigenvalue weighted by Crippen LogP contribution is 2.24. The second-order valence-electron chi connectivity index (χ2n) is 8.04. The zero-order valence-electron chi connectivity index (χ0n) is 17.3. The minimum atomic E-state index is -0.795. The SMILES string of the molecule is CN1C[C@@H](S)C[C@H]1C(=O)N1CC[C@H](CNC(=N)C(=O)OCc2ccc([N+](=O)[O-])cc2)C1. The molecule has 0 spiro atoms. The summed E-state index contributed by atoms with van der Waals surface area (Å²) in [5.74, 6) is -0.860. The third kappa shape index (κ3) is 5.95. The van der Waals surface area contributed by atoms with E-state index in [0.29, 0.717) is 25.2 Å². The largest absolute Gasteiger partial charge is 0.455 e. The highest BCUT2D eigenvalue weighted by molar-refractivity contribution is 7.81. The molecule has 31 heavy (non-hydrogen) atoms. The molecule has 0 radical (unpaired) electrons. The molecule has 3 rings (SSSR count). The van der Waals surface area contributed by atoms with Crippen molar-refractivity contribution in [1.29, 1.82) is 5.41 Å². The van der Waals surface area contributed by atoms with Crippen LogP contribution in [0, 0.1) is 21.4 Å². The first-order valence-electron chi connectivity index (χ1n) is 10.1. The van der Waals surface area contributed by atoms with Crippen LogP contribution in [0.4, 0.5) is 5.69 Å². The summed E-state index contributed by atoms with van der Waals surface area (Å²) in [4.78, 5) is 38.8. The Morgan fingerprint density at radius 3 is 2.65 bits per heavy atom. The number of nitro groups is 1. The Morgan fingerprint density at radius 1 is 1.32 bits per heavy atom. The van der Waals surface area contributed by atoms with Crippen molar-refractivity contribution >= 4 is 36.0 Å². The van der Waals surface area contributed by atoms with Crippen molar-refractivity contribution in [2.24, 2.45) is 5.92 Å². The minimum Gasteiger partial charge on any atom is -0.455 e.